The molecule has 0 spiro atoms. The number of aromatic hydroxyl groups is 1. The molecule has 12 heavy (non-hydrogen) atoms. The number of anilines is 2. The second kappa shape index (κ2) is 2.61. The minimum Gasteiger partial charge on any atom is -0.506 e. The molecule has 0 saturated carbocycles. The number of nitrogens with two attached hydrogens (primary N) is 2. The Kier molecular flexibility index (Phi) is 1.78. The number of nitrogen functional groups attached to an aromatic ring is 2. The smallest absolute Gasteiger partial charge is 0.337 e. The average molecular weight is 168 g/mol. The zero-order valence-corrected chi connectivity index (χ0v) is 6.11. The van der Waals surface area contributed by atoms with Crippen LogP contribution in [-0.2, 0) is 0 Å². The highest BCUT2D eigenvalue weighted by Gasteiger charge is 2.10. The standard InChI is InChI=1S/C7H8N2O3/c8-4-2-5(9)6(10)1-3(4)7(11)12/h1-2,10H,8-9H2,(H,11,12). The molecule has 6 N–H and O–H groups in total. The molecule has 1 aromatic rings. The number of benzene rings is 1. The van der Waals surface area contributed by atoms with E-state index in [2.05, 4.69) is 0 Å². The monoisotopic (exact) mass is 168 g/mol. The van der Waals surface area contributed by atoms with Gasteiger partial charge in [0.05, 0.1) is 11.3 Å². The summed E-state index contributed by atoms with van der Waals surface area (Å²) in [5.41, 5.74) is 10.5. The largest absolute Gasteiger partial charge is 0.506 e. The summed E-state index contributed by atoms with van der Waals surface area (Å²) < 4.78 is 0. The van der Waals surface area contributed by atoms with Crippen molar-refractivity contribution in [1.82, 2.24) is 0 Å². The topological polar surface area (TPSA) is 110 Å². The third-order valence-electron chi connectivity index (χ3n) is 1.43. The molecule has 0 aliphatic rings. The zero-order chi connectivity index (χ0) is 9.30. The number of phenolic OH excluding ortho intramolecular Hbond substituents is 1. The molecule has 1 aromatic carbocycles. The van der Waals surface area contributed by atoms with E-state index in [0.29, 0.717) is 0 Å². The lowest BCUT2D eigenvalue weighted by Gasteiger charge is -2.03. The van der Waals surface area contributed by atoms with Crippen LogP contribution in [0.3, 0.4) is 0 Å². The maximum absolute atomic E-state index is 10.5. The van der Waals surface area contributed by atoms with E-state index >= 15 is 0 Å². The summed E-state index contributed by atoms with van der Waals surface area (Å²) in [6.45, 7) is 0. The van der Waals surface area contributed by atoms with Crippen molar-refractivity contribution in [2.45, 2.75) is 0 Å². The SMILES string of the molecule is Nc1cc(N)c(C(=O)O)cc1O. The molecule has 5 heteroatoms. The van der Waals surface area contributed by atoms with Gasteiger partial charge in [-0.25, -0.2) is 4.79 Å². The predicted octanol–water partition coefficient (Wildman–Crippen LogP) is 0.255. The number of hydrogen-bond acceptors (Lipinski definition) is 4. The molecule has 0 amide bonds. The van der Waals surface area contributed by atoms with Gasteiger partial charge in [0.1, 0.15) is 5.75 Å². The van der Waals surface area contributed by atoms with E-state index < -0.39 is 5.97 Å². The number of hydrogen-bond donors (Lipinski definition) is 4. The van der Waals surface area contributed by atoms with Crippen LogP contribution in [0.25, 0.3) is 0 Å². The van der Waals surface area contributed by atoms with Crippen molar-refractivity contribution in [3.05, 3.63) is 17.7 Å². The summed E-state index contributed by atoms with van der Waals surface area (Å²) in [5.74, 6) is -1.47. The van der Waals surface area contributed by atoms with Crippen LogP contribution in [0.1, 0.15) is 10.4 Å². The highest BCUT2D eigenvalue weighted by atomic mass is 16.4. The summed E-state index contributed by atoms with van der Waals surface area (Å²) in [6, 6.07) is 2.23. The first-order valence-corrected chi connectivity index (χ1v) is 3.13. The summed E-state index contributed by atoms with van der Waals surface area (Å²) in [6.07, 6.45) is 0. The number of phenols is 1. The van der Waals surface area contributed by atoms with Gasteiger partial charge in [-0.05, 0) is 12.1 Å². The van der Waals surface area contributed by atoms with Crippen molar-refractivity contribution in [3.63, 3.8) is 0 Å². The van der Waals surface area contributed by atoms with Gasteiger partial charge in [-0.2, -0.15) is 0 Å². The van der Waals surface area contributed by atoms with E-state index in [-0.39, 0.29) is 22.7 Å². The van der Waals surface area contributed by atoms with Crippen LogP contribution in [0, 0.1) is 0 Å². The van der Waals surface area contributed by atoms with Crippen LogP contribution in [0.2, 0.25) is 0 Å². The van der Waals surface area contributed by atoms with Gasteiger partial charge < -0.3 is 21.7 Å². The lowest BCUT2D eigenvalue weighted by atomic mass is 10.1. The summed E-state index contributed by atoms with van der Waals surface area (Å²) in [5, 5.41) is 17.6. The molecule has 0 unspecified atom stereocenters. The molecule has 5 nitrogen and oxygen atoms in total. The summed E-state index contributed by atoms with van der Waals surface area (Å²) >= 11 is 0. The van der Waals surface area contributed by atoms with Crippen LogP contribution in [-0.4, -0.2) is 16.2 Å². The van der Waals surface area contributed by atoms with E-state index in [4.69, 9.17) is 21.7 Å². The van der Waals surface area contributed by atoms with Crippen LogP contribution in [0.15, 0.2) is 12.1 Å². The lowest BCUT2D eigenvalue weighted by molar-refractivity contribution is 0.0697. The van der Waals surface area contributed by atoms with Crippen LogP contribution < -0.4 is 11.5 Å². The predicted molar refractivity (Wildman–Crippen MR) is 43.9 cm³/mol. The molecule has 0 saturated heterocycles. The zero-order valence-electron chi connectivity index (χ0n) is 6.11. The maximum Gasteiger partial charge on any atom is 0.337 e. The first kappa shape index (κ1) is 8.19. The van der Waals surface area contributed by atoms with Gasteiger partial charge in [-0.3, -0.25) is 0 Å². The Hall–Kier alpha value is -1.91. The van der Waals surface area contributed by atoms with Crippen molar-refractivity contribution >= 4 is 17.3 Å². The van der Waals surface area contributed by atoms with Gasteiger partial charge in [0.25, 0.3) is 0 Å². The quantitative estimate of drug-likeness (QED) is 0.273. The molecular formula is C7H8N2O3. The van der Waals surface area contributed by atoms with E-state index in [1.54, 1.807) is 0 Å². The van der Waals surface area contributed by atoms with Crippen molar-refractivity contribution in [1.29, 1.82) is 0 Å². The van der Waals surface area contributed by atoms with Gasteiger partial charge in [0.15, 0.2) is 0 Å². The normalized spacial score (nSPS) is 9.67. The van der Waals surface area contributed by atoms with Crippen LogP contribution in [0.5, 0.6) is 5.75 Å². The Morgan fingerprint density at radius 3 is 2.33 bits per heavy atom. The highest BCUT2D eigenvalue weighted by molar-refractivity contribution is 5.95. The molecule has 0 aliphatic carbocycles. The molecule has 0 bridgehead atoms. The summed E-state index contributed by atoms with van der Waals surface area (Å²) in [4.78, 5) is 10.5. The van der Waals surface area contributed by atoms with E-state index in [1.807, 2.05) is 0 Å². The van der Waals surface area contributed by atoms with Crippen molar-refractivity contribution in [3.8, 4) is 5.75 Å². The van der Waals surface area contributed by atoms with Crippen LogP contribution >= 0.6 is 0 Å². The van der Waals surface area contributed by atoms with Crippen molar-refractivity contribution in [2.75, 3.05) is 11.5 Å². The highest BCUT2D eigenvalue weighted by Crippen LogP contribution is 2.25. The number of carbonyl (C=O) groups is 1. The molecule has 0 fully saturated rings. The Balaban J connectivity index is 3.33. The first-order chi connectivity index (χ1) is 5.52. The molecule has 0 aromatic heterocycles. The Morgan fingerprint density at radius 1 is 1.25 bits per heavy atom. The molecule has 1 rings (SSSR count). The minimum absolute atomic E-state index is 0.0396. The molecule has 0 aliphatic heterocycles. The third-order valence-corrected chi connectivity index (χ3v) is 1.43. The van der Waals surface area contributed by atoms with E-state index in [1.165, 1.54) is 6.07 Å². The number of rotatable bonds is 1. The lowest BCUT2D eigenvalue weighted by Crippen LogP contribution is -2.03. The number of carboxylic acids is 1. The van der Waals surface area contributed by atoms with Gasteiger partial charge in [-0.1, -0.05) is 0 Å². The van der Waals surface area contributed by atoms with Gasteiger partial charge in [0, 0.05) is 5.69 Å². The van der Waals surface area contributed by atoms with E-state index in [0.717, 1.165) is 6.07 Å². The fourth-order valence-electron chi connectivity index (χ4n) is 0.808. The van der Waals surface area contributed by atoms with Gasteiger partial charge in [0.2, 0.25) is 0 Å². The fourth-order valence-corrected chi connectivity index (χ4v) is 0.808. The Labute approximate surface area is 68.2 Å². The summed E-state index contributed by atoms with van der Waals surface area (Å²) in [7, 11) is 0. The second-order valence-electron chi connectivity index (χ2n) is 2.30. The maximum atomic E-state index is 10.5. The molecule has 64 valence electrons. The number of aromatic carboxylic acids is 1. The van der Waals surface area contributed by atoms with Gasteiger partial charge >= 0.3 is 5.97 Å². The molecule has 0 heterocycles. The molecule has 0 atom stereocenters. The Morgan fingerprint density at radius 2 is 1.83 bits per heavy atom. The average Bonchev–Trinajstić information content (AvgIpc) is 1.96. The van der Waals surface area contributed by atoms with Gasteiger partial charge in [-0.15, -0.1) is 0 Å². The van der Waals surface area contributed by atoms with Crippen LogP contribution in [0.4, 0.5) is 11.4 Å². The fraction of sp³-hybridized carbons (Fsp3) is 0. The number of carboxylic acid groups (broad SMARTS) is 1. The molecule has 0 radical (unpaired) electrons. The molecular weight excluding hydrogens is 160 g/mol. The van der Waals surface area contributed by atoms with E-state index in [9.17, 15) is 4.79 Å². The van der Waals surface area contributed by atoms with Crippen molar-refractivity contribution < 1.29 is 15.0 Å². The second-order valence-corrected chi connectivity index (χ2v) is 2.30. The Bertz CT molecular complexity index is 336. The minimum atomic E-state index is -1.19. The van der Waals surface area contributed by atoms with Crippen molar-refractivity contribution in [2.24, 2.45) is 0 Å². The first-order valence-electron chi connectivity index (χ1n) is 3.13. The third kappa shape index (κ3) is 1.24.